The van der Waals surface area contributed by atoms with Gasteiger partial charge >= 0.3 is 0 Å². The number of carbonyl (C=O) groups excluding carboxylic acids is 1. The third-order valence-corrected chi connectivity index (χ3v) is 6.67. The van der Waals surface area contributed by atoms with Gasteiger partial charge in [-0.3, -0.25) is 14.4 Å². The molecule has 3 aliphatic heterocycles. The molecule has 3 fully saturated rings. The van der Waals surface area contributed by atoms with E-state index in [0.29, 0.717) is 18.5 Å². The van der Waals surface area contributed by atoms with Gasteiger partial charge in [0.1, 0.15) is 17.3 Å². The predicted molar refractivity (Wildman–Crippen MR) is 117 cm³/mol. The highest BCUT2D eigenvalue weighted by Crippen LogP contribution is 2.37. The third-order valence-electron chi connectivity index (χ3n) is 6.67. The van der Waals surface area contributed by atoms with Crippen LogP contribution in [-0.4, -0.2) is 50.0 Å². The van der Waals surface area contributed by atoms with Gasteiger partial charge in [0.25, 0.3) is 0 Å². The number of aromatic nitrogens is 3. The molecule has 3 aliphatic rings. The lowest BCUT2D eigenvalue weighted by Gasteiger charge is -2.49. The summed E-state index contributed by atoms with van der Waals surface area (Å²) in [6.45, 7) is 2.89. The molecule has 0 saturated carbocycles. The Hall–Kier alpha value is -3.26. The first-order valence-corrected chi connectivity index (χ1v) is 11.0. The Balaban J connectivity index is 1.18. The summed E-state index contributed by atoms with van der Waals surface area (Å²) in [5.74, 6) is 0.349. The zero-order chi connectivity index (χ0) is 22.1. The normalized spacial score (nSPS) is 24.4. The van der Waals surface area contributed by atoms with E-state index in [9.17, 15) is 14.3 Å². The number of nitrogens with one attached hydrogen (secondary N) is 1. The van der Waals surface area contributed by atoms with E-state index < -0.39 is 0 Å². The fourth-order valence-electron chi connectivity index (χ4n) is 4.95. The summed E-state index contributed by atoms with van der Waals surface area (Å²) in [4.78, 5) is 15.2. The van der Waals surface area contributed by atoms with Gasteiger partial charge in [-0.05, 0) is 55.1 Å². The van der Waals surface area contributed by atoms with Crippen molar-refractivity contribution in [3.8, 4) is 17.0 Å². The topological polar surface area (TPSA) is 83.3 Å². The van der Waals surface area contributed by atoms with Crippen molar-refractivity contribution < 1.29 is 14.3 Å². The minimum Gasteiger partial charge on any atom is -0.508 e. The van der Waals surface area contributed by atoms with E-state index in [1.165, 1.54) is 12.1 Å². The molecule has 1 amide bonds. The Kier molecular flexibility index (Phi) is 5.61. The van der Waals surface area contributed by atoms with E-state index >= 15 is 0 Å². The Morgan fingerprint density at radius 2 is 2.06 bits per heavy atom. The highest BCUT2D eigenvalue weighted by molar-refractivity contribution is 5.79. The number of phenolic OH excluding ortho intramolecular Hbond substituents is 1. The lowest BCUT2D eigenvalue weighted by Crippen LogP contribution is -2.57. The second-order valence-electron chi connectivity index (χ2n) is 8.76. The Morgan fingerprint density at radius 3 is 2.81 bits per heavy atom. The van der Waals surface area contributed by atoms with Crippen LogP contribution in [0, 0.1) is 17.7 Å². The lowest BCUT2D eigenvalue weighted by atomic mass is 9.75. The number of rotatable bonds is 6. The number of fused-ring (bicyclic) bond motifs is 3. The number of carbonyl (C=O) groups is 1. The summed E-state index contributed by atoms with van der Waals surface area (Å²) in [5, 5.41) is 21.2. The van der Waals surface area contributed by atoms with Crippen LogP contribution in [0.1, 0.15) is 18.4 Å². The number of benzene rings is 2. The van der Waals surface area contributed by atoms with Gasteiger partial charge in [0.15, 0.2) is 0 Å². The van der Waals surface area contributed by atoms with Crippen molar-refractivity contribution in [2.75, 3.05) is 13.1 Å². The molecule has 7 nitrogen and oxygen atoms in total. The minimum atomic E-state index is -0.273. The molecule has 2 bridgehead atoms. The van der Waals surface area contributed by atoms with Crippen molar-refractivity contribution in [1.29, 1.82) is 0 Å². The van der Waals surface area contributed by atoms with Gasteiger partial charge in [0.05, 0.1) is 18.7 Å². The van der Waals surface area contributed by atoms with Crippen molar-refractivity contribution in [3.05, 3.63) is 66.1 Å². The van der Waals surface area contributed by atoms with Gasteiger partial charge < -0.3 is 10.4 Å². The van der Waals surface area contributed by atoms with Crippen molar-refractivity contribution in [2.45, 2.75) is 32.0 Å². The monoisotopic (exact) mass is 435 g/mol. The molecule has 166 valence electrons. The second kappa shape index (κ2) is 8.70. The van der Waals surface area contributed by atoms with E-state index in [2.05, 4.69) is 20.5 Å². The predicted octanol–water partition coefficient (Wildman–Crippen LogP) is 2.82. The van der Waals surface area contributed by atoms with Crippen LogP contribution in [-0.2, 0) is 17.9 Å². The van der Waals surface area contributed by atoms with Crippen LogP contribution >= 0.6 is 0 Å². The van der Waals surface area contributed by atoms with Crippen molar-refractivity contribution in [2.24, 2.45) is 11.8 Å². The molecule has 0 aliphatic carbocycles. The summed E-state index contributed by atoms with van der Waals surface area (Å²) in [6, 6.07) is 13.5. The minimum absolute atomic E-state index is 0.0148. The number of aromatic hydroxyl groups is 1. The second-order valence-corrected chi connectivity index (χ2v) is 8.76. The van der Waals surface area contributed by atoms with Crippen molar-refractivity contribution in [1.82, 2.24) is 25.2 Å². The first-order chi connectivity index (χ1) is 15.5. The summed E-state index contributed by atoms with van der Waals surface area (Å²) < 4.78 is 14.9. The van der Waals surface area contributed by atoms with Crippen molar-refractivity contribution in [3.63, 3.8) is 0 Å². The molecule has 8 heteroatoms. The molecule has 32 heavy (non-hydrogen) atoms. The molecule has 2 N–H and O–H groups in total. The maximum absolute atomic E-state index is 13.1. The molecular weight excluding hydrogens is 409 g/mol. The van der Waals surface area contributed by atoms with Gasteiger partial charge in [-0.1, -0.05) is 29.5 Å². The average Bonchev–Trinajstić information content (AvgIpc) is 3.27. The zero-order valence-corrected chi connectivity index (χ0v) is 17.7. The molecule has 1 aromatic heterocycles. The average molecular weight is 436 g/mol. The largest absolute Gasteiger partial charge is 0.508 e. The summed E-state index contributed by atoms with van der Waals surface area (Å²) in [6.07, 6.45) is 3.89. The number of piperidine rings is 3. The number of nitrogens with zero attached hydrogens (tertiary/aromatic N) is 4. The Bertz CT molecular complexity index is 1100. The number of phenols is 1. The van der Waals surface area contributed by atoms with E-state index in [1.54, 1.807) is 30.3 Å². The molecule has 4 heterocycles. The van der Waals surface area contributed by atoms with E-state index in [-0.39, 0.29) is 23.4 Å². The van der Waals surface area contributed by atoms with Gasteiger partial charge in [-0.25, -0.2) is 4.39 Å². The molecule has 4 atom stereocenters. The molecule has 2 aromatic carbocycles. The molecule has 3 saturated heterocycles. The van der Waals surface area contributed by atoms with Crippen LogP contribution in [0.25, 0.3) is 11.3 Å². The number of halogens is 1. The van der Waals surface area contributed by atoms with Gasteiger partial charge in [-0.2, -0.15) is 0 Å². The summed E-state index contributed by atoms with van der Waals surface area (Å²) in [7, 11) is 0. The van der Waals surface area contributed by atoms with Gasteiger partial charge in [0.2, 0.25) is 5.91 Å². The summed E-state index contributed by atoms with van der Waals surface area (Å²) >= 11 is 0. The molecule has 1 unspecified atom stereocenters. The van der Waals surface area contributed by atoms with E-state index in [1.807, 2.05) is 16.9 Å². The van der Waals surface area contributed by atoms with Gasteiger partial charge in [0, 0.05) is 24.7 Å². The van der Waals surface area contributed by atoms with Crippen LogP contribution in [0.3, 0.4) is 0 Å². The number of hydrogen-bond donors (Lipinski definition) is 2. The molecule has 6 rings (SSSR count). The van der Waals surface area contributed by atoms with E-state index in [0.717, 1.165) is 49.3 Å². The first kappa shape index (κ1) is 20.6. The number of hydrogen-bond acceptors (Lipinski definition) is 5. The zero-order valence-electron chi connectivity index (χ0n) is 17.7. The Labute approximate surface area is 185 Å². The van der Waals surface area contributed by atoms with Crippen LogP contribution in [0.2, 0.25) is 0 Å². The molecular formula is C24H26FN5O2. The smallest absolute Gasteiger partial charge is 0.224 e. The maximum atomic E-state index is 13.1. The van der Waals surface area contributed by atoms with Crippen LogP contribution in [0.5, 0.6) is 5.75 Å². The van der Waals surface area contributed by atoms with Crippen LogP contribution in [0.4, 0.5) is 4.39 Å². The standard InChI is InChI=1S/C24H26FN5O2/c25-19-6-4-16(5-7-19)12-26-24(32)22-14-29-9-8-17(22)10-20(29)13-30-15-23(27-28-30)18-2-1-3-21(31)11-18/h1-7,11,15,17,20,22,31H,8-10,12-14H2,(H,26,32)/t17-,20-,22+/m1/s1. The molecule has 0 radical (unpaired) electrons. The summed E-state index contributed by atoms with van der Waals surface area (Å²) in [5.41, 5.74) is 2.46. The quantitative estimate of drug-likeness (QED) is 0.622. The fourth-order valence-corrected chi connectivity index (χ4v) is 4.95. The maximum Gasteiger partial charge on any atom is 0.224 e. The molecule has 3 aromatic rings. The Morgan fingerprint density at radius 1 is 1.22 bits per heavy atom. The van der Waals surface area contributed by atoms with Crippen molar-refractivity contribution >= 4 is 5.91 Å². The fraction of sp³-hybridized carbons (Fsp3) is 0.375. The molecule has 0 spiro atoms. The third kappa shape index (κ3) is 4.36. The number of amides is 1. The highest BCUT2D eigenvalue weighted by atomic mass is 19.1. The van der Waals surface area contributed by atoms with Gasteiger partial charge in [-0.15, -0.1) is 5.10 Å². The van der Waals surface area contributed by atoms with Crippen LogP contribution in [0.15, 0.2) is 54.7 Å². The first-order valence-electron chi connectivity index (χ1n) is 11.0. The van der Waals surface area contributed by atoms with Crippen LogP contribution < -0.4 is 5.32 Å². The van der Waals surface area contributed by atoms with E-state index in [4.69, 9.17) is 0 Å². The highest BCUT2D eigenvalue weighted by Gasteiger charge is 2.43. The SMILES string of the molecule is O=C(NCc1ccc(F)cc1)[C@H]1CN2CC[C@@H]1C[C@@H]2Cn1cc(-c2cccc(O)c2)nn1. The lowest BCUT2D eigenvalue weighted by molar-refractivity contribution is -0.133.